The molecule has 1 rings (SSSR count). The molecule has 76 valence electrons. The third kappa shape index (κ3) is 2.70. The molecule has 1 aromatic heterocycles. The summed E-state index contributed by atoms with van der Waals surface area (Å²) >= 11 is 3.20. The molecule has 0 aliphatic carbocycles. The molecule has 1 aromatic rings. The fraction of sp³-hybridized carbons (Fsp3) is 0.333. The van der Waals surface area contributed by atoms with Crippen LogP contribution in [0.3, 0.4) is 0 Å². The zero-order valence-electron chi connectivity index (χ0n) is 7.95. The molecule has 4 nitrogen and oxygen atoms in total. The molecule has 14 heavy (non-hydrogen) atoms. The van der Waals surface area contributed by atoms with Crippen molar-refractivity contribution in [1.29, 1.82) is 0 Å². The minimum absolute atomic E-state index is 0.166. The molecular formula is C9H11BrN2O2. The summed E-state index contributed by atoms with van der Waals surface area (Å²) in [6.07, 6.45) is 1.36. The van der Waals surface area contributed by atoms with Crippen LogP contribution in [0.25, 0.3) is 0 Å². The highest BCUT2D eigenvalue weighted by Crippen LogP contribution is 2.16. The van der Waals surface area contributed by atoms with Gasteiger partial charge in [0.2, 0.25) is 0 Å². The van der Waals surface area contributed by atoms with E-state index in [0.717, 1.165) is 0 Å². The van der Waals surface area contributed by atoms with Gasteiger partial charge in [-0.25, -0.2) is 9.78 Å². The summed E-state index contributed by atoms with van der Waals surface area (Å²) < 4.78 is 5.69. The van der Waals surface area contributed by atoms with Crippen LogP contribution in [0.1, 0.15) is 24.2 Å². The van der Waals surface area contributed by atoms with Gasteiger partial charge in [0.05, 0.1) is 6.10 Å². The number of hydrogen-bond donors (Lipinski definition) is 1. The van der Waals surface area contributed by atoms with Gasteiger partial charge < -0.3 is 10.5 Å². The van der Waals surface area contributed by atoms with E-state index in [4.69, 9.17) is 10.5 Å². The van der Waals surface area contributed by atoms with Crippen molar-refractivity contribution in [3.8, 4) is 0 Å². The zero-order chi connectivity index (χ0) is 10.7. The summed E-state index contributed by atoms with van der Waals surface area (Å²) in [7, 11) is 0. The number of pyridine rings is 1. The number of nitrogens with two attached hydrogens (primary N) is 1. The normalized spacial score (nSPS) is 10.3. The molecule has 0 saturated heterocycles. The molecule has 0 aliphatic heterocycles. The zero-order valence-corrected chi connectivity index (χ0v) is 9.54. The number of carbonyl (C=O) groups excluding carboxylic acids is 1. The van der Waals surface area contributed by atoms with Crippen LogP contribution in [-0.2, 0) is 4.74 Å². The van der Waals surface area contributed by atoms with Crippen molar-refractivity contribution in [2.75, 3.05) is 5.73 Å². The van der Waals surface area contributed by atoms with E-state index in [1.807, 2.05) is 0 Å². The Kier molecular flexibility index (Phi) is 3.46. The van der Waals surface area contributed by atoms with Crippen LogP contribution in [0.2, 0.25) is 0 Å². The highest BCUT2D eigenvalue weighted by molar-refractivity contribution is 9.10. The molecule has 5 heteroatoms. The Bertz CT molecular complexity index is 353. The van der Waals surface area contributed by atoms with Crippen LogP contribution in [0.5, 0.6) is 0 Å². The van der Waals surface area contributed by atoms with Gasteiger partial charge in [-0.15, -0.1) is 0 Å². The Morgan fingerprint density at radius 1 is 1.64 bits per heavy atom. The predicted molar refractivity (Wildman–Crippen MR) is 56.9 cm³/mol. The van der Waals surface area contributed by atoms with Crippen LogP contribution in [-0.4, -0.2) is 17.1 Å². The summed E-state index contributed by atoms with van der Waals surface area (Å²) in [6, 6.07) is 1.59. The van der Waals surface area contributed by atoms with Crippen LogP contribution in [0, 0.1) is 0 Å². The SMILES string of the molecule is CC(C)OC(=O)c1cc(Br)cnc1N. The number of nitrogens with zero attached hydrogens (tertiary/aromatic N) is 1. The third-order valence-corrected chi connectivity index (χ3v) is 1.88. The van der Waals surface area contributed by atoms with Crippen molar-refractivity contribution in [1.82, 2.24) is 4.98 Å². The van der Waals surface area contributed by atoms with E-state index in [2.05, 4.69) is 20.9 Å². The summed E-state index contributed by atoms with van der Waals surface area (Å²) in [6.45, 7) is 3.55. The molecule has 1 heterocycles. The van der Waals surface area contributed by atoms with E-state index >= 15 is 0 Å². The maximum absolute atomic E-state index is 11.5. The second kappa shape index (κ2) is 4.41. The minimum Gasteiger partial charge on any atom is -0.459 e. The molecule has 0 saturated carbocycles. The quantitative estimate of drug-likeness (QED) is 0.825. The summed E-state index contributed by atoms with van der Waals surface area (Å²) in [5.74, 6) is -0.273. The number of carbonyl (C=O) groups is 1. The van der Waals surface area contributed by atoms with Gasteiger partial charge in [-0.1, -0.05) is 0 Å². The fourth-order valence-corrected chi connectivity index (χ4v) is 1.22. The van der Waals surface area contributed by atoms with Crippen molar-refractivity contribution in [3.05, 3.63) is 22.3 Å². The van der Waals surface area contributed by atoms with Crippen LogP contribution >= 0.6 is 15.9 Å². The van der Waals surface area contributed by atoms with Crippen LogP contribution in [0.4, 0.5) is 5.82 Å². The lowest BCUT2D eigenvalue weighted by Gasteiger charge is -2.08. The standard InChI is InChI=1S/C9H11BrN2O2/c1-5(2)14-9(13)7-3-6(10)4-12-8(7)11/h3-5H,1-2H3,(H2,11,12). The molecule has 0 fully saturated rings. The van der Waals surface area contributed by atoms with Crippen molar-refractivity contribution in [2.45, 2.75) is 20.0 Å². The number of rotatable bonds is 2. The highest BCUT2D eigenvalue weighted by Gasteiger charge is 2.13. The molecule has 0 amide bonds. The van der Waals surface area contributed by atoms with Crippen LogP contribution < -0.4 is 5.73 Å². The first kappa shape index (κ1) is 11.0. The van der Waals surface area contributed by atoms with E-state index in [1.165, 1.54) is 6.20 Å². The van der Waals surface area contributed by atoms with E-state index in [9.17, 15) is 4.79 Å². The van der Waals surface area contributed by atoms with Gasteiger partial charge in [0, 0.05) is 10.7 Å². The lowest BCUT2D eigenvalue weighted by atomic mass is 10.2. The summed E-state index contributed by atoms with van der Waals surface area (Å²) in [4.78, 5) is 15.3. The largest absolute Gasteiger partial charge is 0.459 e. The Labute approximate surface area is 90.6 Å². The number of esters is 1. The first-order valence-corrected chi connectivity index (χ1v) is 4.92. The molecule has 0 unspecified atom stereocenters. The second-order valence-electron chi connectivity index (χ2n) is 3.04. The maximum Gasteiger partial charge on any atom is 0.342 e. The first-order valence-electron chi connectivity index (χ1n) is 4.12. The number of aromatic nitrogens is 1. The number of ether oxygens (including phenoxy) is 1. The van der Waals surface area contributed by atoms with Crippen molar-refractivity contribution < 1.29 is 9.53 Å². The number of hydrogen-bond acceptors (Lipinski definition) is 4. The third-order valence-electron chi connectivity index (χ3n) is 1.45. The fourth-order valence-electron chi connectivity index (χ4n) is 0.891. The summed E-state index contributed by atoms with van der Waals surface area (Å²) in [5.41, 5.74) is 5.82. The van der Waals surface area contributed by atoms with Crippen LogP contribution in [0.15, 0.2) is 16.7 Å². The Morgan fingerprint density at radius 2 is 2.29 bits per heavy atom. The number of halogens is 1. The van der Waals surface area contributed by atoms with Crippen molar-refractivity contribution >= 4 is 27.7 Å². The van der Waals surface area contributed by atoms with E-state index < -0.39 is 5.97 Å². The number of anilines is 1. The Hall–Kier alpha value is -1.10. The van der Waals surface area contributed by atoms with Gasteiger partial charge in [-0.05, 0) is 35.8 Å². The maximum atomic E-state index is 11.5. The average Bonchev–Trinajstić information content (AvgIpc) is 2.08. The second-order valence-corrected chi connectivity index (χ2v) is 3.96. The van der Waals surface area contributed by atoms with Gasteiger partial charge in [-0.2, -0.15) is 0 Å². The van der Waals surface area contributed by atoms with Gasteiger partial charge >= 0.3 is 5.97 Å². The van der Waals surface area contributed by atoms with E-state index in [-0.39, 0.29) is 17.5 Å². The van der Waals surface area contributed by atoms with Gasteiger partial charge in [0.25, 0.3) is 0 Å². The van der Waals surface area contributed by atoms with Gasteiger partial charge in [0.1, 0.15) is 11.4 Å². The Morgan fingerprint density at radius 3 is 2.86 bits per heavy atom. The summed E-state index contributed by atoms with van der Waals surface area (Å²) in [5, 5.41) is 0. The molecule has 0 radical (unpaired) electrons. The highest BCUT2D eigenvalue weighted by atomic mass is 79.9. The van der Waals surface area contributed by atoms with Gasteiger partial charge in [-0.3, -0.25) is 0 Å². The first-order chi connectivity index (χ1) is 6.50. The smallest absolute Gasteiger partial charge is 0.342 e. The molecule has 0 aliphatic rings. The van der Waals surface area contributed by atoms with Crippen molar-refractivity contribution in [3.63, 3.8) is 0 Å². The Balaban J connectivity index is 2.94. The predicted octanol–water partition coefficient (Wildman–Crippen LogP) is 1.99. The molecule has 0 atom stereocenters. The molecular weight excluding hydrogens is 248 g/mol. The minimum atomic E-state index is -0.452. The van der Waals surface area contributed by atoms with Crippen molar-refractivity contribution in [2.24, 2.45) is 0 Å². The molecule has 0 spiro atoms. The lowest BCUT2D eigenvalue weighted by molar-refractivity contribution is 0.0379. The van der Waals surface area contributed by atoms with E-state index in [0.29, 0.717) is 4.47 Å². The molecule has 0 aromatic carbocycles. The average molecular weight is 259 g/mol. The monoisotopic (exact) mass is 258 g/mol. The van der Waals surface area contributed by atoms with E-state index in [1.54, 1.807) is 19.9 Å². The lowest BCUT2D eigenvalue weighted by Crippen LogP contribution is -2.14. The molecule has 0 bridgehead atoms. The number of nitrogen functional groups attached to an aromatic ring is 1. The molecule has 2 N–H and O–H groups in total. The van der Waals surface area contributed by atoms with Gasteiger partial charge in [0.15, 0.2) is 0 Å². The topological polar surface area (TPSA) is 65.2 Å².